The number of hydrogen-bond donors (Lipinski definition) is 0. The lowest BCUT2D eigenvalue weighted by atomic mass is 9.95. The molecular weight excluding hydrogens is 260 g/mol. The number of rotatable bonds is 4. The van der Waals surface area contributed by atoms with Crippen molar-refractivity contribution >= 4 is 23.6 Å². The Bertz CT molecular complexity index is 440. The summed E-state index contributed by atoms with van der Waals surface area (Å²) in [6, 6.07) is 7.98. The number of aldehydes is 1. The van der Waals surface area contributed by atoms with Crippen LogP contribution in [0.1, 0.15) is 13.8 Å². The molecule has 1 saturated heterocycles. The highest BCUT2D eigenvalue weighted by Gasteiger charge is 2.24. The van der Waals surface area contributed by atoms with Gasteiger partial charge >= 0.3 is 0 Å². The summed E-state index contributed by atoms with van der Waals surface area (Å²) in [5.41, 5.74) is 0.930. The van der Waals surface area contributed by atoms with E-state index in [-0.39, 0.29) is 5.41 Å². The predicted octanol–water partition coefficient (Wildman–Crippen LogP) is 2.69. The second kappa shape index (κ2) is 5.93. The van der Waals surface area contributed by atoms with E-state index in [1.165, 1.54) is 5.69 Å². The molecule has 0 N–H and O–H groups in total. The van der Waals surface area contributed by atoms with Crippen molar-refractivity contribution < 1.29 is 4.79 Å². The van der Waals surface area contributed by atoms with Crippen LogP contribution in [0.4, 0.5) is 5.69 Å². The molecule has 0 aliphatic carbocycles. The number of nitrogens with zero attached hydrogens (tertiary/aromatic N) is 2. The zero-order valence-electron chi connectivity index (χ0n) is 11.6. The monoisotopic (exact) mass is 280 g/mol. The molecule has 0 atom stereocenters. The van der Waals surface area contributed by atoms with Crippen LogP contribution in [0.3, 0.4) is 0 Å². The zero-order chi connectivity index (χ0) is 13.9. The fourth-order valence-electron chi connectivity index (χ4n) is 2.45. The van der Waals surface area contributed by atoms with Crippen LogP contribution in [0.15, 0.2) is 24.3 Å². The van der Waals surface area contributed by atoms with Gasteiger partial charge in [0.1, 0.15) is 6.29 Å². The van der Waals surface area contributed by atoms with Crippen molar-refractivity contribution in [2.24, 2.45) is 5.41 Å². The molecule has 0 saturated carbocycles. The second-order valence-electron chi connectivity index (χ2n) is 5.85. The highest BCUT2D eigenvalue weighted by Crippen LogP contribution is 2.22. The molecule has 19 heavy (non-hydrogen) atoms. The Kier molecular flexibility index (Phi) is 4.48. The van der Waals surface area contributed by atoms with Crippen LogP contribution in [0, 0.1) is 5.41 Å². The van der Waals surface area contributed by atoms with Crippen LogP contribution < -0.4 is 4.90 Å². The average Bonchev–Trinajstić information content (AvgIpc) is 2.39. The maximum Gasteiger partial charge on any atom is 0.126 e. The van der Waals surface area contributed by atoms with Gasteiger partial charge in [-0.2, -0.15) is 0 Å². The van der Waals surface area contributed by atoms with Crippen molar-refractivity contribution in [3.05, 3.63) is 29.3 Å². The van der Waals surface area contributed by atoms with Crippen molar-refractivity contribution in [1.29, 1.82) is 0 Å². The Morgan fingerprint density at radius 1 is 1.26 bits per heavy atom. The van der Waals surface area contributed by atoms with Crippen LogP contribution in [0.5, 0.6) is 0 Å². The first-order valence-corrected chi connectivity index (χ1v) is 7.07. The number of benzene rings is 1. The van der Waals surface area contributed by atoms with E-state index in [4.69, 9.17) is 11.6 Å². The number of piperazine rings is 1. The third kappa shape index (κ3) is 3.95. The molecule has 0 amide bonds. The highest BCUT2D eigenvalue weighted by atomic mass is 35.5. The average molecular weight is 281 g/mol. The van der Waals surface area contributed by atoms with Gasteiger partial charge in [0.05, 0.1) is 0 Å². The number of carbonyl (C=O) groups is 1. The number of hydrogen-bond acceptors (Lipinski definition) is 3. The molecular formula is C15H21ClN2O. The molecule has 1 aromatic carbocycles. The lowest BCUT2D eigenvalue weighted by molar-refractivity contribution is -0.115. The Hall–Kier alpha value is -1.06. The van der Waals surface area contributed by atoms with Crippen molar-refractivity contribution in [3.8, 4) is 0 Å². The first-order valence-electron chi connectivity index (χ1n) is 6.69. The van der Waals surface area contributed by atoms with E-state index in [0.717, 1.165) is 44.0 Å². The maximum absolute atomic E-state index is 11.0. The minimum Gasteiger partial charge on any atom is -0.369 e. The molecule has 0 spiro atoms. The summed E-state index contributed by atoms with van der Waals surface area (Å²) >= 11 is 6.02. The Morgan fingerprint density at radius 3 is 2.53 bits per heavy atom. The van der Waals surface area contributed by atoms with Crippen LogP contribution in [-0.4, -0.2) is 43.9 Å². The van der Waals surface area contributed by atoms with Crippen LogP contribution in [0.25, 0.3) is 0 Å². The van der Waals surface area contributed by atoms with Crippen molar-refractivity contribution in [3.63, 3.8) is 0 Å². The number of halogens is 1. The molecule has 104 valence electrons. The largest absolute Gasteiger partial charge is 0.369 e. The molecule has 0 aromatic heterocycles. The Labute approximate surface area is 120 Å². The van der Waals surface area contributed by atoms with Gasteiger partial charge in [0.2, 0.25) is 0 Å². The van der Waals surface area contributed by atoms with Gasteiger partial charge in [-0.1, -0.05) is 31.5 Å². The summed E-state index contributed by atoms with van der Waals surface area (Å²) in [6.45, 7) is 8.75. The normalized spacial score (nSPS) is 17.5. The summed E-state index contributed by atoms with van der Waals surface area (Å²) in [5.74, 6) is 0. The van der Waals surface area contributed by atoms with Crippen LogP contribution in [-0.2, 0) is 4.79 Å². The summed E-state index contributed by atoms with van der Waals surface area (Å²) in [5, 5.41) is 0.780. The first kappa shape index (κ1) is 14.4. The molecule has 3 nitrogen and oxygen atoms in total. The molecule has 1 fully saturated rings. The fourth-order valence-corrected chi connectivity index (χ4v) is 2.64. The van der Waals surface area contributed by atoms with Gasteiger partial charge in [0.25, 0.3) is 0 Å². The summed E-state index contributed by atoms with van der Waals surface area (Å²) in [6.07, 6.45) is 1.05. The molecule has 0 radical (unpaired) electrons. The van der Waals surface area contributed by atoms with E-state index in [1.807, 2.05) is 32.0 Å². The number of carbonyl (C=O) groups excluding carboxylic acids is 1. The van der Waals surface area contributed by atoms with Crippen molar-refractivity contribution in [2.45, 2.75) is 13.8 Å². The van der Waals surface area contributed by atoms with Gasteiger partial charge in [-0.05, 0) is 18.2 Å². The van der Waals surface area contributed by atoms with E-state index >= 15 is 0 Å². The van der Waals surface area contributed by atoms with Crippen molar-refractivity contribution in [1.82, 2.24) is 4.90 Å². The van der Waals surface area contributed by atoms with E-state index in [9.17, 15) is 4.79 Å². The minimum atomic E-state index is -0.252. The summed E-state index contributed by atoms with van der Waals surface area (Å²) < 4.78 is 0. The quantitative estimate of drug-likeness (QED) is 0.793. The van der Waals surface area contributed by atoms with Gasteiger partial charge in [0.15, 0.2) is 0 Å². The van der Waals surface area contributed by atoms with Gasteiger partial charge in [-0.15, -0.1) is 0 Å². The van der Waals surface area contributed by atoms with Gasteiger partial charge < -0.3 is 9.69 Å². The third-order valence-electron chi connectivity index (χ3n) is 3.50. The molecule has 4 heteroatoms. The van der Waals surface area contributed by atoms with E-state index in [1.54, 1.807) is 0 Å². The molecule has 0 bridgehead atoms. The second-order valence-corrected chi connectivity index (χ2v) is 6.29. The fraction of sp³-hybridized carbons (Fsp3) is 0.533. The summed E-state index contributed by atoms with van der Waals surface area (Å²) in [7, 11) is 0. The summed E-state index contributed by atoms with van der Waals surface area (Å²) in [4.78, 5) is 15.7. The standard InChI is InChI=1S/C15H21ClN2O/c1-15(2,12-19)11-17-6-8-18(9-7-17)14-5-3-4-13(16)10-14/h3-5,10,12H,6-9,11H2,1-2H3. The molecule has 1 aliphatic heterocycles. The predicted molar refractivity (Wildman–Crippen MR) is 80.0 cm³/mol. The van der Waals surface area contributed by atoms with Gasteiger partial charge in [0, 0.05) is 48.8 Å². The highest BCUT2D eigenvalue weighted by molar-refractivity contribution is 6.30. The molecule has 1 aliphatic rings. The smallest absolute Gasteiger partial charge is 0.126 e. The van der Waals surface area contributed by atoms with E-state index < -0.39 is 0 Å². The molecule has 1 aromatic rings. The van der Waals surface area contributed by atoms with Gasteiger partial charge in [-0.25, -0.2) is 0 Å². The van der Waals surface area contributed by atoms with Crippen LogP contribution >= 0.6 is 11.6 Å². The number of anilines is 1. The van der Waals surface area contributed by atoms with Crippen LogP contribution in [0.2, 0.25) is 5.02 Å². The van der Waals surface area contributed by atoms with E-state index in [0.29, 0.717) is 0 Å². The lowest BCUT2D eigenvalue weighted by Crippen LogP contribution is -2.49. The SMILES string of the molecule is CC(C)(C=O)CN1CCN(c2cccc(Cl)c2)CC1. The minimum absolute atomic E-state index is 0.252. The van der Waals surface area contributed by atoms with Gasteiger partial charge in [-0.3, -0.25) is 4.90 Å². The third-order valence-corrected chi connectivity index (χ3v) is 3.73. The molecule has 2 rings (SSSR count). The Morgan fingerprint density at radius 2 is 1.95 bits per heavy atom. The first-order chi connectivity index (χ1) is 9.00. The van der Waals surface area contributed by atoms with E-state index in [2.05, 4.69) is 15.9 Å². The van der Waals surface area contributed by atoms with Crippen molar-refractivity contribution in [2.75, 3.05) is 37.6 Å². The topological polar surface area (TPSA) is 23.6 Å². The molecule has 0 unspecified atom stereocenters. The molecule has 1 heterocycles. The maximum atomic E-state index is 11.0. The lowest BCUT2D eigenvalue weighted by Gasteiger charge is -2.38. The Balaban J connectivity index is 1.91. The zero-order valence-corrected chi connectivity index (χ0v) is 12.4.